The Morgan fingerprint density at radius 1 is 1.10 bits per heavy atom. The molecule has 6 N–H and O–H groups in total. The molecule has 1 aliphatic rings. The lowest BCUT2D eigenvalue weighted by molar-refractivity contribution is -0.146. The number of amides is 3. The van der Waals surface area contributed by atoms with Gasteiger partial charge in [-0.25, -0.2) is 4.79 Å². The van der Waals surface area contributed by atoms with Crippen LogP contribution in [0.4, 0.5) is 0 Å². The Kier molecular flexibility index (Phi) is 10.2. The first-order valence-electron chi connectivity index (χ1n) is 10.6. The summed E-state index contributed by atoms with van der Waals surface area (Å²) in [6, 6.07) is -3.86. The van der Waals surface area contributed by atoms with Crippen molar-refractivity contribution in [1.29, 1.82) is 0 Å². The minimum absolute atomic E-state index is 0.0468. The molecule has 0 aromatic carbocycles. The fourth-order valence-corrected chi connectivity index (χ4v) is 3.38. The number of nitrogens with two attached hydrogens (primary N) is 1. The first-order valence-corrected chi connectivity index (χ1v) is 10.6. The highest BCUT2D eigenvalue weighted by Crippen LogP contribution is 2.22. The SMILES string of the molecule is CCC(C)C(N)C(=O)NC(C(=O)N1CCCC1C(=O)NC(CO)C(=O)O)C(C)CC. The monoisotopic (exact) mass is 428 g/mol. The van der Waals surface area contributed by atoms with Gasteiger partial charge in [0.15, 0.2) is 0 Å². The predicted molar refractivity (Wildman–Crippen MR) is 110 cm³/mol. The molecule has 0 spiro atoms. The first-order chi connectivity index (χ1) is 14.1. The number of nitrogens with zero attached hydrogens (tertiary/aromatic N) is 1. The molecule has 6 unspecified atom stereocenters. The molecule has 0 saturated carbocycles. The van der Waals surface area contributed by atoms with Gasteiger partial charge in [-0.1, -0.05) is 40.5 Å². The molecule has 0 aromatic heterocycles. The van der Waals surface area contributed by atoms with Crippen LogP contribution in [0, 0.1) is 11.8 Å². The minimum Gasteiger partial charge on any atom is -0.480 e. The van der Waals surface area contributed by atoms with Crippen LogP contribution in [0.15, 0.2) is 0 Å². The third-order valence-corrected chi connectivity index (χ3v) is 5.97. The van der Waals surface area contributed by atoms with E-state index in [2.05, 4.69) is 10.6 Å². The van der Waals surface area contributed by atoms with E-state index in [1.165, 1.54) is 4.90 Å². The number of rotatable bonds is 11. The second-order valence-electron chi connectivity index (χ2n) is 8.05. The summed E-state index contributed by atoms with van der Waals surface area (Å²) in [7, 11) is 0. The van der Waals surface area contributed by atoms with E-state index in [1.54, 1.807) is 0 Å². The summed E-state index contributed by atoms with van der Waals surface area (Å²) in [4.78, 5) is 50.9. The Morgan fingerprint density at radius 2 is 1.70 bits per heavy atom. The molecule has 30 heavy (non-hydrogen) atoms. The summed E-state index contributed by atoms with van der Waals surface area (Å²) in [6.07, 6.45) is 2.31. The maximum absolute atomic E-state index is 13.3. The van der Waals surface area contributed by atoms with Crippen molar-refractivity contribution in [3.63, 3.8) is 0 Å². The van der Waals surface area contributed by atoms with Crippen LogP contribution in [0.5, 0.6) is 0 Å². The second-order valence-corrected chi connectivity index (χ2v) is 8.05. The van der Waals surface area contributed by atoms with Crippen molar-refractivity contribution in [3.05, 3.63) is 0 Å². The molecule has 0 aliphatic carbocycles. The molecule has 0 aromatic rings. The third-order valence-electron chi connectivity index (χ3n) is 5.97. The summed E-state index contributed by atoms with van der Waals surface area (Å²) in [5.74, 6) is -3.01. The fourth-order valence-electron chi connectivity index (χ4n) is 3.38. The lowest BCUT2D eigenvalue weighted by atomic mass is 9.95. The highest BCUT2D eigenvalue weighted by Gasteiger charge is 2.40. The zero-order chi connectivity index (χ0) is 23.0. The number of nitrogens with one attached hydrogen (secondary N) is 2. The maximum atomic E-state index is 13.3. The normalized spacial score (nSPS) is 21.3. The van der Waals surface area contributed by atoms with E-state index < -0.39 is 48.6 Å². The highest BCUT2D eigenvalue weighted by atomic mass is 16.4. The zero-order valence-corrected chi connectivity index (χ0v) is 18.3. The fraction of sp³-hybridized carbons (Fsp3) is 0.800. The van der Waals surface area contributed by atoms with Crippen LogP contribution >= 0.6 is 0 Å². The van der Waals surface area contributed by atoms with Crippen LogP contribution in [-0.4, -0.2) is 76.1 Å². The molecule has 0 radical (unpaired) electrons. The topological polar surface area (TPSA) is 162 Å². The number of carbonyl (C=O) groups excluding carboxylic acids is 3. The van der Waals surface area contributed by atoms with Crippen LogP contribution in [0.1, 0.15) is 53.4 Å². The van der Waals surface area contributed by atoms with Crippen molar-refractivity contribution in [3.8, 4) is 0 Å². The Bertz CT molecular complexity index is 628. The van der Waals surface area contributed by atoms with Gasteiger partial charge in [0.1, 0.15) is 18.1 Å². The lowest BCUT2D eigenvalue weighted by Crippen LogP contribution is -2.59. The largest absolute Gasteiger partial charge is 0.480 e. The number of hydrogen-bond acceptors (Lipinski definition) is 6. The van der Waals surface area contributed by atoms with E-state index in [0.29, 0.717) is 25.8 Å². The Balaban J connectivity index is 2.98. The van der Waals surface area contributed by atoms with Gasteiger partial charge in [0.05, 0.1) is 12.6 Å². The molecule has 172 valence electrons. The van der Waals surface area contributed by atoms with Crippen LogP contribution in [0.3, 0.4) is 0 Å². The molecule has 10 heteroatoms. The van der Waals surface area contributed by atoms with Gasteiger partial charge >= 0.3 is 5.97 Å². The number of carbonyl (C=O) groups is 4. The summed E-state index contributed by atoms with van der Waals surface area (Å²) in [5, 5.41) is 23.2. The van der Waals surface area contributed by atoms with Gasteiger partial charge in [0.25, 0.3) is 0 Å². The molecule has 0 bridgehead atoms. The molecule has 1 heterocycles. The van der Waals surface area contributed by atoms with Crippen molar-refractivity contribution in [2.24, 2.45) is 17.6 Å². The molecule has 1 aliphatic heterocycles. The van der Waals surface area contributed by atoms with Crippen LogP contribution in [0.25, 0.3) is 0 Å². The number of aliphatic hydroxyl groups excluding tert-OH is 1. The molecule has 10 nitrogen and oxygen atoms in total. The Hall–Kier alpha value is -2.20. The zero-order valence-electron chi connectivity index (χ0n) is 18.3. The van der Waals surface area contributed by atoms with E-state index in [-0.39, 0.29) is 17.7 Å². The molecule has 3 amide bonds. The van der Waals surface area contributed by atoms with Crippen molar-refractivity contribution in [2.75, 3.05) is 13.2 Å². The van der Waals surface area contributed by atoms with E-state index in [4.69, 9.17) is 15.9 Å². The smallest absolute Gasteiger partial charge is 0.328 e. The number of aliphatic carboxylic acids is 1. The molecule has 1 rings (SSSR count). The van der Waals surface area contributed by atoms with Gasteiger partial charge in [-0.3, -0.25) is 14.4 Å². The van der Waals surface area contributed by atoms with E-state index in [0.717, 1.165) is 6.42 Å². The molecule has 1 fully saturated rings. The summed E-state index contributed by atoms with van der Waals surface area (Å²) < 4.78 is 0. The standard InChI is InChI=1S/C20H36N4O6/c1-5-11(3)15(21)18(27)23-16(12(4)6-2)19(28)24-9-7-8-14(24)17(26)22-13(10-25)20(29)30/h11-16,25H,5-10,21H2,1-4H3,(H,22,26)(H,23,27)(H,29,30). The van der Waals surface area contributed by atoms with Gasteiger partial charge < -0.3 is 31.5 Å². The summed E-state index contributed by atoms with van der Waals surface area (Å²) in [5.41, 5.74) is 6.01. The number of carboxylic acid groups (broad SMARTS) is 1. The Labute approximate surface area is 177 Å². The van der Waals surface area contributed by atoms with Crippen LogP contribution in [-0.2, 0) is 19.2 Å². The average Bonchev–Trinajstić information content (AvgIpc) is 3.22. The van der Waals surface area contributed by atoms with Crippen molar-refractivity contribution in [1.82, 2.24) is 15.5 Å². The van der Waals surface area contributed by atoms with Crippen molar-refractivity contribution < 1.29 is 29.4 Å². The quantitative estimate of drug-likeness (QED) is 0.295. The van der Waals surface area contributed by atoms with Crippen molar-refractivity contribution in [2.45, 2.75) is 77.5 Å². The predicted octanol–water partition coefficient (Wildman–Crippen LogP) is -0.557. The van der Waals surface area contributed by atoms with Crippen molar-refractivity contribution >= 4 is 23.7 Å². The van der Waals surface area contributed by atoms with E-state index >= 15 is 0 Å². The molecule has 1 saturated heterocycles. The number of carboxylic acids is 1. The van der Waals surface area contributed by atoms with Gasteiger partial charge in [0, 0.05) is 6.54 Å². The second kappa shape index (κ2) is 11.8. The Morgan fingerprint density at radius 3 is 2.20 bits per heavy atom. The van der Waals surface area contributed by atoms with Crippen LogP contribution < -0.4 is 16.4 Å². The number of likely N-dealkylation sites (tertiary alicyclic amines) is 1. The van der Waals surface area contributed by atoms with Gasteiger partial charge in [0.2, 0.25) is 17.7 Å². The minimum atomic E-state index is -1.44. The van der Waals surface area contributed by atoms with Gasteiger partial charge in [-0.15, -0.1) is 0 Å². The van der Waals surface area contributed by atoms with Crippen LogP contribution in [0.2, 0.25) is 0 Å². The average molecular weight is 429 g/mol. The summed E-state index contributed by atoms with van der Waals surface area (Å²) >= 11 is 0. The maximum Gasteiger partial charge on any atom is 0.328 e. The molecular formula is C20H36N4O6. The lowest BCUT2D eigenvalue weighted by Gasteiger charge is -2.32. The van der Waals surface area contributed by atoms with Gasteiger partial charge in [-0.05, 0) is 24.7 Å². The summed E-state index contributed by atoms with van der Waals surface area (Å²) in [6.45, 7) is 7.12. The molecular weight excluding hydrogens is 392 g/mol. The number of hydrogen-bond donors (Lipinski definition) is 5. The van der Waals surface area contributed by atoms with E-state index in [9.17, 15) is 19.2 Å². The highest BCUT2D eigenvalue weighted by molar-refractivity contribution is 5.94. The third kappa shape index (κ3) is 6.40. The van der Waals surface area contributed by atoms with E-state index in [1.807, 2.05) is 27.7 Å². The first kappa shape index (κ1) is 25.8. The van der Waals surface area contributed by atoms with Gasteiger partial charge in [-0.2, -0.15) is 0 Å². The molecule has 6 atom stereocenters. The number of aliphatic hydroxyl groups is 1.